The summed E-state index contributed by atoms with van der Waals surface area (Å²) in [4.78, 5) is 12.2. The van der Waals surface area contributed by atoms with E-state index in [2.05, 4.69) is 20.7 Å². The molecule has 1 aromatic carbocycles. The Morgan fingerprint density at radius 2 is 2.12 bits per heavy atom. The second kappa shape index (κ2) is 8.00. The molecule has 1 N–H and O–H groups in total. The van der Waals surface area contributed by atoms with Crippen molar-refractivity contribution in [3.63, 3.8) is 0 Å². The summed E-state index contributed by atoms with van der Waals surface area (Å²) in [5, 5.41) is 16.5. The van der Waals surface area contributed by atoms with Gasteiger partial charge in [0.2, 0.25) is 0 Å². The molecule has 0 spiro atoms. The van der Waals surface area contributed by atoms with Crippen LogP contribution in [-0.4, -0.2) is 34.9 Å². The molecule has 130 valence electrons. The van der Waals surface area contributed by atoms with Gasteiger partial charge in [0.25, 0.3) is 5.91 Å². The van der Waals surface area contributed by atoms with Gasteiger partial charge >= 0.3 is 0 Å². The molecule has 1 amide bonds. The number of carbonyl (C=O) groups is 1. The summed E-state index contributed by atoms with van der Waals surface area (Å²) in [5.41, 5.74) is 1.13. The molecule has 0 aliphatic carbocycles. The van der Waals surface area contributed by atoms with Crippen LogP contribution >= 0.6 is 11.3 Å². The summed E-state index contributed by atoms with van der Waals surface area (Å²) < 4.78 is 10.4. The molecule has 0 saturated heterocycles. The maximum Gasteiger partial charge on any atom is 0.273 e. The number of ether oxygens (including phenoxy) is 1. The fourth-order valence-corrected chi connectivity index (χ4v) is 3.00. The van der Waals surface area contributed by atoms with Gasteiger partial charge in [-0.05, 0) is 6.92 Å². The lowest BCUT2D eigenvalue weighted by atomic mass is 10.1. The highest BCUT2D eigenvalue weighted by Gasteiger charge is 2.14. The number of amides is 1. The molecule has 0 saturated carbocycles. The molecule has 3 aromatic rings. The van der Waals surface area contributed by atoms with Crippen LogP contribution < -0.4 is 5.32 Å². The lowest BCUT2D eigenvalue weighted by molar-refractivity contribution is 0.0945. The first kappa shape index (κ1) is 17.2. The Balaban J connectivity index is 1.53. The molecule has 3 rings (SSSR count). The maximum absolute atomic E-state index is 12.2. The summed E-state index contributed by atoms with van der Waals surface area (Å²) in [6.07, 6.45) is 0.524. The predicted octanol–water partition coefficient (Wildman–Crippen LogP) is 2.87. The van der Waals surface area contributed by atoms with E-state index in [9.17, 15) is 4.79 Å². The third kappa shape index (κ3) is 4.28. The lowest BCUT2D eigenvalue weighted by Crippen LogP contribution is -2.25. The van der Waals surface area contributed by atoms with Crippen molar-refractivity contribution in [2.45, 2.75) is 19.4 Å². The standard InChI is InChI=1S/C17H18N4O3S/c1-11(23-2)17-20-19-15(25-17)8-9-18-16(22)13-10-14(24-21-13)12-6-4-3-5-7-12/h3-7,10-11H,8-9H2,1-2H3,(H,18,22). The van der Waals surface area contributed by atoms with E-state index < -0.39 is 0 Å². The Bertz CT molecular complexity index is 831. The van der Waals surface area contributed by atoms with E-state index in [4.69, 9.17) is 9.26 Å². The molecule has 7 nitrogen and oxygen atoms in total. The molecule has 0 fully saturated rings. The van der Waals surface area contributed by atoms with Crippen LogP contribution in [0.5, 0.6) is 0 Å². The van der Waals surface area contributed by atoms with Gasteiger partial charge in [0.1, 0.15) is 16.1 Å². The van der Waals surface area contributed by atoms with Crippen LogP contribution in [0.1, 0.15) is 33.5 Å². The van der Waals surface area contributed by atoms with Gasteiger partial charge in [-0.3, -0.25) is 4.79 Å². The van der Waals surface area contributed by atoms with Crippen LogP contribution in [0.15, 0.2) is 40.9 Å². The third-order valence-corrected chi connectivity index (χ3v) is 4.75. The SMILES string of the molecule is COC(C)c1nnc(CCNC(=O)c2cc(-c3ccccc3)on2)s1. The van der Waals surface area contributed by atoms with Gasteiger partial charge in [0, 0.05) is 31.7 Å². The highest BCUT2D eigenvalue weighted by Crippen LogP contribution is 2.21. The molecule has 0 aliphatic heterocycles. The average molecular weight is 358 g/mol. The smallest absolute Gasteiger partial charge is 0.273 e. The van der Waals surface area contributed by atoms with Gasteiger partial charge in [0.15, 0.2) is 11.5 Å². The first-order chi connectivity index (χ1) is 12.2. The van der Waals surface area contributed by atoms with E-state index in [1.807, 2.05) is 37.3 Å². The number of aromatic nitrogens is 3. The number of hydrogen-bond donors (Lipinski definition) is 1. The van der Waals surface area contributed by atoms with E-state index in [1.54, 1.807) is 13.2 Å². The first-order valence-electron chi connectivity index (χ1n) is 7.83. The zero-order valence-corrected chi connectivity index (χ0v) is 14.7. The molecule has 0 radical (unpaired) electrons. The number of methoxy groups -OCH3 is 1. The maximum atomic E-state index is 12.2. The van der Waals surface area contributed by atoms with Crippen LogP contribution in [0.3, 0.4) is 0 Å². The van der Waals surface area contributed by atoms with Crippen LogP contribution in [0.4, 0.5) is 0 Å². The topological polar surface area (TPSA) is 90.1 Å². The Hall–Kier alpha value is -2.58. The number of carbonyl (C=O) groups excluding carboxylic acids is 1. The van der Waals surface area contributed by atoms with Crippen molar-refractivity contribution in [2.24, 2.45) is 0 Å². The number of nitrogens with zero attached hydrogens (tertiary/aromatic N) is 3. The molecule has 0 aliphatic rings. The Morgan fingerprint density at radius 3 is 2.88 bits per heavy atom. The highest BCUT2D eigenvalue weighted by atomic mass is 32.1. The predicted molar refractivity (Wildman–Crippen MR) is 93.3 cm³/mol. The summed E-state index contributed by atoms with van der Waals surface area (Å²) in [6, 6.07) is 11.1. The van der Waals surface area contributed by atoms with E-state index in [0.717, 1.165) is 15.6 Å². The van der Waals surface area contributed by atoms with Gasteiger partial charge in [-0.25, -0.2) is 0 Å². The Kier molecular flexibility index (Phi) is 5.52. The van der Waals surface area contributed by atoms with Crippen molar-refractivity contribution in [1.29, 1.82) is 0 Å². The molecule has 1 atom stereocenters. The second-order valence-corrected chi connectivity index (χ2v) is 6.45. The minimum atomic E-state index is -0.277. The zero-order valence-electron chi connectivity index (χ0n) is 13.9. The van der Waals surface area contributed by atoms with Crippen LogP contribution in [0, 0.1) is 0 Å². The van der Waals surface area contributed by atoms with Crippen LogP contribution in [0.2, 0.25) is 0 Å². The van der Waals surface area contributed by atoms with Gasteiger partial charge in [-0.1, -0.05) is 46.8 Å². The molecule has 2 heterocycles. The Labute approximate surface area is 149 Å². The quantitative estimate of drug-likeness (QED) is 0.698. The minimum Gasteiger partial charge on any atom is -0.374 e. The zero-order chi connectivity index (χ0) is 17.6. The third-order valence-electron chi connectivity index (χ3n) is 3.61. The van der Waals surface area contributed by atoms with Crippen molar-refractivity contribution in [1.82, 2.24) is 20.7 Å². The lowest BCUT2D eigenvalue weighted by Gasteiger charge is -2.02. The van der Waals surface area contributed by atoms with Crippen molar-refractivity contribution >= 4 is 17.2 Å². The van der Waals surface area contributed by atoms with Crippen molar-refractivity contribution in [3.8, 4) is 11.3 Å². The van der Waals surface area contributed by atoms with Crippen LogP contribution in [0.25, 0.3) is 11.3 Å². The number of nitrogens with one attached hydrogen (secondary N) is 1. The van der Waals surface area contributed by atoms with Crippen molar-refractivity contribution < 1.29 is 14.1 Å². The average Bonchev–Trinajstić information content (AvgIpc) is 3.31. The van der Waals surface area contributed by atoms with Gasteiger partial charge < -0.3 is 14.6 Å². The van der Waals surface area contributed by atoms with Gasteiger partial charge in [-0.2, -0.15) is 0 Å². The fraction of sp³-hybridized carbons (Fsp3) is 0.294. The van der Waals surface area contributed by atoms with E-state index in [1.165, 1.54) is 11.3 Å². The second-order valence-electron chi connectivity index (χ2n) is 5.36. The van der Waals surface area contributed by atoms with Gasteiger partial charge in [-0.15, -0.1) is 10.2 Å². The van der Waals surface area contributed by atoms with Crippen LogP contribution in [-0.2, 0) is 11.2 Å². The molecule has 8 heteroatoms. The molecule has 1 unspecified atom stereocenters. The van der Waals surface area contributed by atoms with Crippen molar-refractivity contribution in [2.75, 3.05) is 13.7 Å². The number of benzene rings is 1. The highest BCUT2D eigenvalue weighted by molar-refractivity contribution is 7.11. The van der Waals surface area contributed by atoms with E-state index in [-0.39, 0.29) is 17.7 Å². The largest absolute Gasteiger partial charge is 0.374 e. The van der Waals surface area contributed by atoms with E-state index in [0.29, 0.717) is 18.7 Å². The molecule has 0 bridgehead atoms. The summed E-state index contributed by atoms with van der Waals surface area (Å²) in [6.45, 7) is 2.36. The number of hydrogen-bond acceptors (Lipinski definition) is 7. The monoisotopic (exact) mass is 358 g/mol. The molecule has 2 aromatic heterocycles. The summed E-state index contributed by atoms with van der Waals surface area (Å²) in [7, 11) is 1.63. The summed E-state index contributed by atoms with van der Waals surface area (Å²) >= 11 is 1.48. The molecular weight excluding hydrogens is 340 g/mol. The normalized spacial score (nSPS) is 12.1. The van der Waals surface area contributed by atoms with Crippen molar-refractivity contribution in [3.05, 3.63) is 52.1 Å². The van der Waals surface area contributed by atoms with E-state index >= 15 is 0 Å². The Morgan fingerprint density at radius 1 is 1.32 bits per heavy atom. The molecule has 25 heavy (non-hydrogen) atoms. The fourth-order valence-electron chi connectivity index (χ4n) is 2.13. The van der Waals surface area contributed by atoms with Gasteiger partial charge in [0.05, 0.1) is 0 Å². The first-order valence-corrected chi connectivity index (χ1v) is 8.64. The number of rotatable bonds is 7. The molecular formula is C17H18N4O3S. The minimum absolute atomic E-state index is 0.0765. The summed E-state index contributed by atoms with van der Waals surface area (Å²) in [5.74, 6) is 0.286.